The molecule has 36 heavy (non-hydrogen) atoms. The summed E-state index contributed by atoms with van der Waals surface area (Å²) in [6.45, 7) is 1.86. The Hall–Kier alpha value is -4.23. The lowest BCUT2D eigenvalue weighted by atomic mass is 9.83. The van der Waals surface area contributed by atoms with Gasteiger partial charge in [-0.1, -0.05) is 30.0 Å². The van der Waals surface area contributed by atoms with E-state index in [2.05, 4.69) is 16.0 Å². The maximum atomic E-state index is 13.2. The highest BCUT2D eigenvalue weighted by atomic mass is 32.2. The summed E-state index contributed by atoms with van der Waals surface area (Å²) in [6, 6.07) is 14.8. The van der Waals surface area contributed by atoms with E-state index in [1.807, 2.05) is 24.3 Å². The van der Waals surface area contributed by atoms with E-state index in [9.17, 15) is 10.1 Å². The minimum Gasteiger partial charge on any atom is -0.493 e. The Bertz CT molecular complexity index is 1410. The van der Waals surface area contributed by atoms with Crippen molar-refractivity contribution in [2.75, 3.05) is 26.6 Å². The second-order valence-electron chi connectivity index (χ2n) is 7.58. The number of hydrogen-bond donors (Lipinski definition) is 1. The van der Waals surface area contributed by atoms with Crippen LogP contribution >= 0.6 is 11.8 Å². The van der Waals surface area contributed by atoms with Crippen LogP contribution in [0.4, 0.5) is 0 Å². The molecule has 0 aliphatic carbocycles. The lowest BCUT2D eigenvalue weighted by Crippen LogP contribution is -2.27. The topological polar surface area (TPSA) is 130 Å². The number of aromatic nitrogens is 2. The number of nitriles is 1. The van der Waals surface area contributed by atoms with Crippen LogP contribution in [0.5, 0.6) is 11.5 Å². The zero-order valence-corrected chi connectivity index (χ0v) is 20.8. The summed E-state index contributed by atoms with van der Waals surface area (Å²) in [5, 5.41) is 10.6. The van der Waals surface area contributed by atoms with Gasteiger partial charge in [0.05, 0.1) is 55.3 Å². The Labute approximate surface area is 212 Å². The van der Waals surface area contributed by atoms with Crippen molar-refractivity contribution in [3.05, 3.63) is 77.0 Å². The first-order chi connectivity index (χ1) is 17.5. The van der Waals surface area contributed by atoms with Gasteiger partial charge in [0.1, 0.15) is 22.4 Å². The number of para-hydroxylation sites is 2. The predicted molar refractivity (Wildman–Crippen MR) is 134 cm³/mol. The Balaban J connectivity index is 1.77. The van der Waals surface area contributed by atoms with Crippen molar-refractivity contribution in [1.29, 1.82) is 5.26 Å². The molecule has 2 aromatic carbocycles. The molecule has 0 spiro atoms. The third kappa shape index (κ3) is 4.92. The summed E-state index contributed by atoms with van der Waals surface area (Å²) in [7, 11) is 3.04. The molecule has 184 valence electrons. The Morgan fingerprint density at radius 2 is 1.92 bits per heavy atom. The number of esters is 1. The van der Waals surface area contributed by atoms with Crippen molar-refractivity contribution in [1.82, 2.24) is 9.97 Å². The molecule has 2 N–H and O–H groups in total. The van der Waals surface area contributed by atoms with E-state index in [1.54, 1.807) is 31.3 Å². The van der Waals surface area contributed by atoms with Crippen LogP contribution in [0.3, 0.4) is 0 Å². The molecule has 2 heterocycles. The van der Waals surface area contributed by atoms with Gasteiger partial charge >= 0.3 is 5.97 Å². The molecule has 0 unspecified atom stereocenters. The zero-order valence-electron chi connectivity index (χ0n) is 20.0. The van der Waals surface area contributed by atoms with Gasteiger partial charge in [-0.25, -0.2) is 9.78 Å². The van der Waals surface area contributed by atoms with Crippen molar-refractivity contribution in [3.63, 3.8) is 0 Å². The normalized spacial score (nSPS) is 15.3. The first-order valence-corrected chi connectivity index (χ1v) is 12.0. The van der Waals surface area contributed by atoms with Crippen LogP contribution in [0.25, 0.3) is 11.0 Å². The van der Waals surface area contributed by atoms with Crippen LogP contribution in [0.1, 0.15) is 18.4 Å². The number of fused-ring (bicyclic) bond motifs is 1. The van der Waals surface area contributed by atoms with Crippen LogP contribution in [-0.2, 0) is 14.3 Å². The molecule has 0 saturated heterocycles. The van der Waals surface area contributed by atoms with E-state index >= 15 is 0 Å². The van der Waals surface area contributed by atoms with Gasteiger partial charge in [0.25, 0.3) is 0 Å². The van der Waals surface area contributed by atoms with Gasteiger partial charge in [-0.15, -0.1) is 0 Å². The largest absolute Gasteiger partial charge is 0.493 e. The molecular formula is C26H24N4O5S. The molecule has 4 rings (SSSR count). The van der Waals surface area contributed by atoms with Gasteiger partial charge in [0, 0.05) is 0 Å². The van der Waals surface area contributed by atoms with E-state index < -0.39 is 11.9 Å². The number of ether oxygens (including phenoxy) is 4. The average molecular weight is 505 g/mol. The summed E-state index contributed by atoms with van der Waals surface area (Å²) in [5.41, 5.74) is 8.60. The van der Waals surface area contributed by atoms with Crippen molar-refractivity contribution in [2.24, 2.45) is 5.73 Å². The predicted octanol–water partition coefficient (Wildman–Crippen LogP) is 4.06. The van der Waals surface area contributed by atoms with E-state index in [0.29, 0.717) is 22.1 Å². The minimum absolute atomic E-state index is 0.0782. The fourth-order valence-corrected chi connectivity index (χ4v) is 4.66. The van der Waals surface area contributed by atoms with Gasteiger partial charge in [-0.3, -0.25) is 4.98 Å². The molecule has 9 nitrogen and oxygen atoms in total. The maximum absolute atomic E-state index is 13.2. The summed E-state index contributed by atoms with van der Waals surface area (Å²) >= 11 is 1.33. The molecule has 1 atom stereocenters. The second kappa shape index (κ2) is 11.0. The fourth-order valence-electron chi connectivity index (χ4n) is 3.87. The second-order valence-corrected chi connectivity index (χ2v) is 8.58. The molecule has 0 bridgehead atoms. The number of nitrogens with zero attached hydrogens (tertiary/aromatic N) is 3. The molecule has 0 fully saturated rings. The monoisotopic (exact) mass is 504 g/mol. The highest BCUT2D eigenvalue weighted by Crippen LogP contribution is 2.43. The smallest absolute Gasteiger partial charge is 0.338 e. The summed E-state index contributed by atoms with van der Waals surface area (Å²) in [5.74, 6) is -0.0439. The van der Waals surface area contributed by atoms with E-state index in [-0.39, 0.29) is 35.1 Å². The summed E-state index contributed by atoms with van der Waals surface area (Å²) in [6.07, 6.45) is 1.66. The van der Waals surface area contributed by atoms with Crippen LogP contribution in [0, 0.1) is 11.3 Å². The molecule has 1 aliphatic heterocycles. The van der Waals surface area contributed by atoms with Crippen molar-refractivity contribution < 1.29 is 23.7 Å². The van der Waals surface area contributed by atoms with Gasteiger partial charge in [0.15, 0.2) is 11.5 Å². The number of nitrogens with two attached hydrogens (primary N) is 1. The van der Waals surface area contributed by atoms with Crippen molar-refractivity contribution >= 4 is 28.8 Å². The van der Waals surface area contributed by atoms with Crippen LogP contribution in [0.2, 0.25) is 0 Å². The van der Waals surface area contributed by atoms with Gasteiger partial charge < -0.3 is 24.7 Å². The van der Waals surface area contributed by atoms with Crippen LogP contribution in [0.15, 0.2) is 76.5 Å². The fraction of sp³-hybridized carbons (Fsp3) is 0.231. The standard InChI is InChI=1S/C26H24N4O5S/c1-4-34-26(31)24-21(14-36-22-13-29-17-7-5-6-8-18(17)30-22)35-25(28)16(12-27)23(24)15-9-10-19(32-2)20(11-15)33-3/h5-11,13,23H,4,14,28H2,1-3H3/t23-/m1/s1. The Morgan fingerprint density at radius 1 is 1.17 bits per heavy atom. The van der Waals surface area contributed by atoms with Crippen molar-refractivity contribution in [3.8, 4) is 17.6 Å². The lowest BCUT2D eigenvalue weighted by molar-refractivity contribution is -0.139. The first-order valence-electron chi connectivity index (χ1n) is 11.0. The van der Waals surface area contributed by atoms with Crippen LogP contribution in [-0.4, -0.2) is 42.5 Å². The van der Waals surface area contributed by atoms with Gasteiger partial charge in [-0.05, 0) is 36.8 Å². The average Bonchev–Trinajstić information content (AvgIpc) is 2.90. The minimum atomic E-state index is -0.819. The molecule has 0 amide bonds. The van der Waals surface area contributed by atoms with Gasteiger partial charge in [-0.2, -0.15) is 5.26 Å². The SMILES string of the molecule is CCOC(=O)C1=C(CSc2cnc3ccccc3n2)OC(N)=C(C#N)[C@H]1c1ccc(OC)c(OC)c1. The third-order valence-corrected chi connectivity index (χ3v) is 6.41. The quantitative estimate of drug-likeness (QED) is 0.354. The van der Waals surface area contributed by atoms with Crippen molar-refractivity contribution in [2.45, 2.75) is 17.9 Å². The molecule has 1 aliphatic rings. The molecule has 1 aromatic heterocycles. The van der Waals surface area contributed by atoms with E-state index in [1.165, 1.54) is 26.0 Å². The Morgan fingerprint density at radius 3 is 2.61 bits per heavy atom. The molecule has 0 saturated carbocycles. The first kappa shape index (κ1) is 24.9. The number of rotatable bonds is 8. The number of benzene rings is 2. The maximum Gasteiger partial charge on any atom is 0.338 e. The summed E-state index contributed by atoms with van der Waals surface area (Å²) in [4.78, 5) is 22.2. The lowest BCUT2D eigenvalue weighted by Gasteiger charge is -2.28. The molecule has 10 heteroatoms. The molecule has 0 radical (unpaired) electrons. The number of carbonyl (C=O) groups is 1. The van der Waals surface area contributed by atoms with Gasteiger partial charge in [0.2, 0.25) is 5.88 Å². The molecule has 3 aromatic rings. The highest BCUT2D eigenvalue weighted by molar-refractivity contribution is 7.99. The zero-order chi connectivity index (χ0) is 25.7. The number of thioether (sulfide) groups is 1. The number of allylic oxidation sites excluding steroid dienone is 1. The van der Waals surface area contributed by atoms with E-state index in [0.717, 1.165) is 11.0 Å². The number of methoxy groups -OCH3 is 2. The molecular weight excluding hydrogens is 480 g/mol. The highest BCUT2D eigenvalue weighted by Gasteiger charge is 2.38. The number of hydrogen-bond acceptors (Lipinski definition) is 10. The number of carbonyl (C=O) groups excluding carboxylic acids is 1. The summed E-state index contributed by atoms with van der Waals surface area (Å²) < 4.78 is 22.0. The van der Waals surface area contributed by atoms with E-state index in [4.69, 9.17) is 24.7 Å². The third-order valence-electron chi connectivity index (χ3n) is 5.51. The van der Waals surface area contributed by atoms with Crippen LogP contribution < -0.4 is 15.2 Å². The Kier molecular flexibility index (Phi) is 7.61.